The van der Waals surface area contributed by atoms with Crippen molar-refractivity contribution < 1.29 is 31.6 Å². The summed E-state index contributed by atoms with van der Waals surface area (Å²) < 4.78 is 58.4. The minimum absolute atomic E-state index is 0.0952. The van der Waals surface area contributed by atoms with E-state index in [-0.39, 0.29) is 11.4 Å². The number of hydrogen-bond acceptors (Lipinski definition) is 4. The lowest BCUT2D eigenvalue weighted by Crippen LogP contribution is -2.35. The maximum absolute atomic E-state index is 13.5. The van der Waals surface area contributed by atoms with Gasteiger partial charge in [0.2, 0.25) is 5.69 Å². The number of H-pyrrole nitrogens is 1. The fourth-order valence-corrected chi connectivity index (χ4v) is 4.78. The molecule has 4 aromatic rings. The van der Waals surface area contributed by atoms with E-state index >= 15 is 0 Å². The number of carbonyl (C=O) groups is 1. The Kier molecular flexibility index (Phi) is 6.09. The van der Waals surface area contributed by atoms with Crippen LogP contribution in [-0.4, -0.2) is 21.7 Å². The Bertz CT molecular complexity index is 1360. The summed E-state index contributed by atoms with van der Waals surface area (Å²) in [5.41, 5.74) is 5.51. The Hall–Kier alpha value is -3.44. The van der Waals surface area contributed by atoms with E-state index in [0.717, 1.165) is 16.5 Å². The Morgan fingerprint density at radius 3 is 2.48 bits per heavy atom. The number of thiophene rings is 1. The number of nitrogens with one attached hydrogen (secondary N) is 1. The summed E-state index contributed by atoms with van der Waals surface area (Å²) in [6.07, 6.45) is -4.05. The van der Waals surface area contributed by atoms with Gasteiger partial charge in [-0.3, -0.25) is 4.21 Å². The van der Waals surface area contributed by atoms with E-state index in [1.54, 1.807) is 42.7 Å². The molecule has 0 fully saturated rings. The summed E-state index contributed by atoms with van der Waals surface area (Å²) in [4.78, 5) is 13.1. The first kappa shape index (κ1) is 22.7. The summed E-state index contributed by atoms with van der Waals surface area (Å²) in [7, 11) is -1.16. The largest absolute Gasteiger partial charge is 0.436 e. The van der Waals surface area contributed by atoms with Crippen LogP contribution in [0.15, 0.2) is 71.6 Å². The average molecular weight is 493 g/mol. The summed E-state index contributed by atoms with van der Waals surface area (Å²) in [5, 5.41) is 2.38. The average Bonchev–Trinajstić information content (AvgIpc) is 3.41. The lowest BCUT2D eigenvalue weighted by molar-refractivity contribution is -0.645. The molecule has 1 amide bonds. The molecule has 11 heteroatoms. The van der Waals surface area contributed by atoms with E-state index in [4.69, 9.17) is 10.5 Å². The Labute approximate surface area is 192 Å². The highest BCUT2D eigenvalue weighted by Gasteiger charge is 2.38. The molecule has 1 atom stereocenters. The van der Waals surface area contributed by atoms with Gasteiger partial charge in [0.25, 0.3) is 5.69 Å². The number of nitrogens with two attached hydrogens (primary N) is 1. The normalized spacial score (nSPS) is 12.5. The summed E-state index contributed by atoms with van der Waals surface area (Å²) >= 11 is 1.29. The van der Waals surface area contributed by atoms with Gasteiger partial charge in [0, 0.05) is 39.0 Å². The molecule has 1 unspecified atom stereocenters. The van der Waals surface area contributed by atoms with Gasteiger partial charge < -0.3 is 10.5 Å². The maximum Gasteiger partial charge on any atom is 0.436 e. The van der Waals surface area contributed by atoms with E-state index in [9.17, 15) is 22.2 Å². The molecule has 0 radical (unpaired) electrons. The smallest absolute Gasteiger partial charge is 0.410 e. The Morgan fingerprint density at radius 2 is 1.79 bits per heavy atom. The van der Waals surface area contributed by atoms with Gasteiger partial charge in [-0.2, -0.15) is 18.3 Å². The van der Waals surface area contributed by atoms with Gasteiger partial charge in [0.05, 0.1) is 6.07 Å². The number of benzene rings is 2. The number of alkyl halides is 3. The molecule has 0 bridgehead atoms. The molecule has 170 valence electrons. The van der Waals surface area contributed by atoms with E-state index in [2.05, 4.69) is 5.10 Å². The van der Waals surface area contributed by atoms with Gasteiger partial charge in [-0.15, -0.1) is 11.3 Å². The van der Waals surface area contributed by atoms with Crippen molar-refractivity contribution in [3.05, 3.63) is 72.4 Å². The Balaban J connectivity index is 1.80. The third kappa shape index (κ3) is 4.99. The zero-order valence-corrected chi connectivity index (χ0v) is 18.7. The predicted octanol–water partition coefficient (Wildman–Crippen LogP) is 4.90. The summed E-state index contributed by atoms with van der Waals surface area (Å²) in [6, 6.07) is 17.7. The second-order valence-corrected chi connectivity index (χ2v) is 9.42. The molecule has 0 aliphatic heterocycles. The van der Waals surface area contributed by atoms with Crippen LogP contribution in [0.2, 0.25) is 0 Å². The molecular weight excluding hydrogens is 475 g/mol. The molecule has 4 rings (SSSR count). The molecule has 0 saturated heterocycles. The number of amides is 1. The first-order valence-electron chi connectivity index (χ1n) is 9.46. The first-order valence-corrected chi connectivity index (χ1v) is 11.8. The minimum Gasteiger partial charge on any atom is -0.410 e. The van der Waals surface area contributed by atoms with Crippen LogP contribution in [0, 0.1) is 0 Å². The van der Waals surface area contributed by atoms with Gasteiger partial charge >= 0.3 is 12.3 Å². The number of halogens is 3. The van der Waals surface area contributed by atoms with Gasteiger partial charge in [-0.1, -0.05) is 22.9 Å². The SMILES string of the molecule is CS(=O)c1cccc(-c2ccc(-c3cc(C(F)(F)F)[nH][n+]3-c3cccc(OC(N)=O)c3)s2)c1. The number of aromatic amines is 1. The van der Waals surface area contributed by atoms with Crippen molar-refractivity contribution in [1.82, 2.24) is 5.10 Å². The number of primary amides is 1. The molecule has 2 aromatic heterocycles. The van der Waals surface area contributed by atoms with Crippen LogP contribution in [-0.2, 0) is 17.0 Å². The van der Waals surface area contributed by atoms with Gasteiger partial charge in [0.15, 0.2) is 5.69 Å². The fourth-order valence-electron chi connectivity index (χ4n) is 3.21. The number of nitrogens with zero attached hydrogens (tertiary/aromatic N) is 1. The maximum atomic E-state index is 13.5. The monoisotopic (exact) mass is 492 g/mol. The molecular formula is C22H17F3N3O3S2+. The Morgan fingerprint density at radius 1 is 1.06 bits per heavy atom. The summed E-state index contributed by atoms with van der Waals surface area (Å²) in [5.74, 6) is 0.0952. The third-order valence-electron chi connectivity index (χ3n) is 4.66. The molecule has 0 spiro atoms. The van der Waals surface area contributed by atoms with Crippen molar-refractivity contribution in [2.24, 2.45) is 5.73 Å². The van der Waals surface area contributed by atoms with Crippen LogP contribution in [0.3, 0.4) is 0 Å². The zero-order chi connectivity index (χ0) is 23.8. The van der Waals surface area contributed by atoms with Crippen molar-refractivity contribution in [3.8, 4) is 32.4 Å². The molecule has 6 nitrogen and oxygen atoms in total. The topological polar surface area (TPSA) is 89.1 Å². The van der Waals surface area contributed by atoms with Crippen LogP contribution in [0.1, 0.15) is 5.69 Å². The van der Waals surface area contributed by atoms with E-state index in [1.165, 1.54) is 34.2 Å². The standard InChI is InChI=1S/C22H16F3N3O3S2/c1-33(30)16-7-2-4-13(10-16)18-8-9-19(32-18)17-12-20(22(23,24)25)27-28(17)14-5-3-6-15(11-14)31-21(26)29/h2-12H,1H3,(H2,26,29)/p+1. The van der Waals surface area contributed by atoms with Crippen LogP contribution < -0.4 is 15.2 Å². The van der Waals surface area contributed by atoms with Crippen molar-refractivity contribution in [2.75, 3.05) is 6.26 Å². The lowest BCUT2D eigenvalue weighted by atomic mass is 10.2. The van der Waals surface area contributed by atoms with E-state index in [1.807, 2.05) is 6.07 Å². The van der Waals surface area contributed by atoms with Gasteiger partial charge in [0.1, 0.15) is 10.6 Å². The highest BCUT2D eigenvalue weighted by molar-refractivity contribution is 7.84. The van der Waals surface area contributed by atoms with Crippen molar-refractivity contribution in [3.63, 3.8) is 0 Å². The molecule has 33 heavy (non-hydrogen) atoms. The quantitative estimate of drug-likeness (QED) is 0.389. The second-order valence-electron chi connectivity index (χ2n) is 6.95. The van der Waals surface area contributed by atoms with Crippen LogP contribution in [0.5, 0.6) is 5.75 Å². The lowest BCUT2D eigenvalue weighted by Gasteiger charge is -2.02. The molecule has 3 N–H and O–H groups in total. The number of hydrogen-bond donors (Lipinski definition) is 2. The molecule has 0 aliphatic carbocycles. The number of rotatable bonds is 5. The summed E-state index contributed by atoms with van der Waals surface area (Å²) in [6.45, 7) is 0. The van der Waals surface area contributed by atoms with E-state index < -0.39 is 28.8 Å². The highest BCUT2D eigenvalue weighted by Crippen LogP contribution is 2.36. The van der Waals surface area contributed by atoms with Crippen molar-refractivity contribution in [1.29, 1.82) is 0 Å². The minimum atomic E-state index is -4.60. The van der Waals surface area contributed by atoms with Gasteiger partial charge in [-0.05, 0) is 35.9 Å². The third-order valence-corrected chi connectivity index (χ3v) is 6.74. The van der Waals surface area contributed by atoms with Crippen molar-refractivity contribution in [2.45, 2.75) is 11.1 Å². The van der Waals surface area contributed by atoms with E-state index in [0.29, 0.717) is 15.5 Å². The number of ether oxygens (including phenoxy) is 1. The van der Waals surface area contributed by atoms with Crippen LogP contribution in [0.4, 0.5) is 18.0 Å². The van der Waals surface area contributed by atoms with Crippen LogP contribution in [0.25, 0.3) is 26.7 Å². The molecule has 2 aromatic carbocycles. The van der Waals surface area contributed by atoms with Crippen LogP contribution >= 0.6 is 11.3 Å². The number of aromatic nitrogens is 2. The first-order chi connectivity index (χ1) is 15.6. The molecule has 2 heterocycles. The zero-order valence-electron chi connectivity index (χ0n) is 17.1. The number of carbonyl (C=O) groups excluding carboxylic acids is 1. The molecule has 0 saturated carbocycles. The fraction of sp³-hybridized carbons (Fsp3) is 0.0909. The van der Waals surface area contributed by atoms with Gasteiger partial charge in [-0.25, -0.2) is 4.79 Å². The molecule has 0 aliphatic rings. The predicted molar refractivity (Wildman–Crippen MR) is 119 cm³/mol. The van der Waals surface area contributed by atoms with Crippen molar-refractivity contribution >= 4 is 28.2 Å². The second kappa shape index (κ2) is 8.83. The highest BCUT2D eigenvalue weighted by atomic mass is 32.2.